The fourth-order valence-electron chi connectivity index (χ4n) is 2.30. The number of thiophene rings is 1. The summed E-state index contributed by atoms with van der Waals surface area (Å²) in [5.41, 5.74) is 1.99. The van der Waals surface area contributed by atoms with Crippen molar-refractivity contribution in [2.24, 2.45) is 0 Å². The number of carbonyl (C=O) groups excluding carboxylic acids is 1. The Labute approximate surface area is 149 Å². The highest BCUT2D eigenvalue weighted by Crippen LogP contribution is 2.20. The van der Waals surface area contributed by atoms with E-state index in [0.717, 1.165) is 11.3 Å². The maximum atomic E-state index is 12.4. The van der Waals surface area contributed by atoms with Gasteiger partial charge in [0.15, 0.2) is 0 Å². The summed E-state index contributed by atoms with van der Waals surface area (Å²) in [7, 11) is 3.38. The van der Waals surface area contributed by atoms with Gasteiger partial charge in [-0.2, -0.15) is 4.80 Å². The van der Waals surface area contributed by atoms with Gasteiger partial charge >= 0.3 is 0 Å². The highest BCUT2D eigenvalue weighted by Gasteiger charge is 2.14. The van der Waals surface area contributed by atoms with Crippen LogP contribution in [0, 0.1) is 6.92 Å². The number of tetrazole rings is 1. The SMILES string of the molecule is COc1cccc(-c2nnn(CC(=O)N(C)Cc3sccc3C)n2)c1. The number of nitrogens with zero attached hydrogens (tertiary/aromatic N) is 5. The van der Waals surface area contributed by atoms with Crippen LogP contribution in [-0.2, 0) is 17.9 Å². The predicted molar refractivity (Wildman–Crippen MR) is 95.3 cm³/mol. The number of carbonyl (C=O) groups is 1. The molecule has 0 fully saturated rings. The lowest BCUT2D eigenvalue weighted by Crippen LogP contribution is -2.30. The molecule has 0 aliphatic carbocycles. The summed E-state index contributed by atoms with van der Waals surface area (Å²) < 4.78 is 5.20. The number of ether oxygens (including phenoxy) is 1. The van der Waals surface area contributed by atoms with Crippen LogP contribution >= 0.6 is 11.3 Å². The average Bonchev–Trinajstić information content (AvgIpc) is 3.24. The molecule has 7 nitrogen and oxygen atoms in total. The minimum absolute atomic E-state index is 0.0535. The zero-order valence-electron chi connectivity index (χ0n) is 14.3. The molecule has 0 saturated heterocycles. The van der Waals surface area contributed by atoms with Gasteiger partial charge in [0.05, 0.1) is 13.7 Å². The molecule has 0 unspecified atom stereocenters. The first-order chi connectivity index (χ1) is 12.1. The molecule has 0 aliphatic rings. The minimum atomic E-state index is -0.0672. The molecule has 0 saturated carbocycles. The van der Waals surface area contributed by atoms with E-state index in [1.165, 1.54) is 15.2 Å². The summed E-state index contributed by atoms with van der Waals surface area (Å²) in [4.78, 5) is 16.5. The van der Waals surface area contributed by atoms with Crippen molar-refractivity contribution in [3.63, 3.8) is 0 Å². The zero-order chi connectivity index (χ0) is 17.8. The van der Waals surface area contributed by atoms with Gasteiger partial charge in [0.2, 0.25) is 11.7 Å². The van der Waals surface area contributed by atoms with Gasteiger partial charge in [0.1, 0.15) is 12.3 Å². The monoisotopic (exact) mass is 357 g/mol. The molecule has 0 aliphatic heterocycles. The van der Waals surface area contributed by atoms with Crippen LogP contribution in [0.5, 0.6) is 5.75 Å². The molecule has 0 atom stereocenters. The van der Waals surface area contributed by atoms with Gasteiger partial charge in [-0.25, -0.2) is 0 Å². The van der Waals surface area contributed by atoms with Crippen LogP contribution in [-0.4, -0.2) is 45.2 Å². The van der Waals surface area contributed by atoms with E-state index in [9.17, 15) is 4.79 Å². The van der Waals surface area contributed by atoms with E-state index in [4.69, 9.17) is 4.74 Å². The molecule has 8 heteroatoms. The Kier molecular flexibility index (Phi) is 5.08. The first-order valence-corrected chi connectivity index (χ1v) is 8.64. The zero-order valence-corrected chi connectivity index (χ0v) is 15.2. The Morgan fingerprint density at radius 3 is 2.92 bits per heavy atom. The number of likely N-dealkylation sites (N-methyl/N-ethyl adjacent to an activating group) is 1. The number of hydrogen-bond acceptors (Lipinski definition) is 6. The summed E-state index contributed by atoms with van der Waals surface area (Å²) in [6, 6.07) is 9.46. The molecule has 1 aromatic carbocycles. The largest absolute Gasteiger partial charge is 0.497 e. The molecule has 0 bridgehead atoms. The highest BCUT2D eigenvalue weighted by molar-refractivity contribution is 7.10. The molecule has 130 valence electrons. The van der Waals surface area contributed by atoms with E-state index in [1.807, 2.05) is 36.6 Å². The number of aromatic nitrogens is 4. The van der Waals surface area contributed by atoms with Gasteiger partial charge in [-0.05, 0) is 41.3 Å². The van der Waals surface area contributed by atoms with Gasteiger partial charge in [-0.3, -0.25) is 4.79 Å². The first-order valence-electron chi connectivity index (χ1n) is 7.76. The second-order valence-corrected chi connectivity index (χ2v) is 6.65. The van der Waals surface area contributed by atoms with Crippen molar-refractivity contribution in [1.29, 1.82) is 0 Å². The summed E-state index contributed by atoms with van der Waals surface area (Å²) in [6.07, 6.45) is 0. The van der Waals surface area contributed by atoms with Crippen LogP contribution in [0.1, 0.15) is 10.4 Å². The summed E-state index contributed by atoms with van der Waals surface area (Å²) in [6.45, 7) is 2.68. The lowest BCUT2D eigenvalue weighted by molar-refractivity contribution is -0.131. The third-order valence-electron chi connectivity index (χ3n) is 3.83. The van der Waals surface area contributed by atoms with E-state index in [1.54, 1.807) is 30.4 Å². The Bertz CT molecular complexity index is 873. The maximum Gasteiger partial charge on any atom is 0.246 e. The lowest BCUT2D eigenvalue weighted by atomic mass is 10.2. The fraction of sp³-hybridized carbons (Fsp3) is 0.294. The molecular weight excluding hydrogens is 338 g/mol. The molecule has 1 amide bonds. The van der Waals surface area contributed by atoms with Crippen LogP contribution in [0.15, 0.2) is 35.7 Å². The van der Waals surface area contributed by atoms with Crippen LogP contribution in [0.25, 0.3) is 11.4 Å². The third kappa shape index (κ3) is 4.03. The summed E-state index contributed by atoms with van der Waals surface area (Å²) in [5, 5.41) is 14.3. The molecule has 0 radical (unpaired) electrons. The normalized spacial score (nSPS) is 10.7. The van der Waals surface area contributed by atoms with E-state index in [0.29, 0.717) is 12.4 Å². The van der Waals surface area contributed by atoms with Crippen LogP contribution in [0.2, 0.25) is 0 Å². The highest BCUT2D eigenvalue weighted by atomic mass is 32.1. The lowest BCUT2D eigenvalue weighted by Gasteiger charge is -2.16. The van der Waals surface area contributed by atoms with Crippen molar-refractivity contribution in [2.75, 3.05) is 14.2 Å². The molecule has 0 N–H and O–H groups in total. The minimum Gasteiger partial charge on any atom is -0.497 e. The number of benzene rings is 1. The number of amides is 1. The number of rotatable bonds is 6. The van der Waals surface area contributed by atoms with Crippen molar-refractivity contribution < 1.29 is 9.53 Å². The second kappa shape index (κ2) is 7.43. The van der Waals surface area contributed by atoms with E-state index < -0.39 is 0 Å². The van der Waals surface area contributed by atoms with E-state index in [2.05, 4.69) is 21.5 Å². The number of methoxy groups -OCH3 is 1. The smallest absolute Gasteiger partial charge is 0.246 e. The van der Waals surface area contributed by atoms with Gasteiger partial charge in [0, 0.05) is 17.5 Å². The van der Waals surface area contributed by atoms with Gasteiger partial charge in [-0.1, -0.05) is 12.1 Å². The molecule has 2 aromatic heterocycles. The second-order valence-electron chi connectivity index (χ2n) is 5.65. The van der Waals surface area contributed by atoms with E-state index in [-0.39, 0.29) is 12.5 Å². The van der Waals surface area contributed by atoms with Crippen molar-refractivity contribution in [2.45, 2.75) is 20.0 Å². The van der Waals surface area contributed by atoms with Gasteiger partial charge < -0.3 is 9.64 Å². The Balaban J connectivity index is 1.66. The molecule has 3 aromatic rings. The predicted octanol–water partition coefficient (Wildman–Crippen LogP) is 2.38. The van der Waals surface area contributed by atoms with Crippen molar-refractivity contribution in [1.82, 2.24) is 25.1 Å². The third-order valence-corrected chi connectivity index (χ3v) is 4.84. The van der Waals surface area contributed by atoms with Crippen molar-refractivity contribution >= 4 is 17.2 Å². The molecular formula is C17H19N5O2S. The topological polar surface area (TPSA) is 73.1 Å². The van der Waals surface area contributed by atoms with Crippen molar-refractivity contribution in [3.05, 3.63) is 46.2 Å². The van der Waals surface area contributed by atoms with Gasteiger partial charge in [0.25, 0.3) is 0 Å². The average molecular weight is 357 g/mol. The molecule has 25 heavy (non-hydrogen) atoms. The van der Waals surface area contributed by atoms with Crippen LogP contribution < -0.4 is 4.74 Å². The fourth-order valence-corrected chi connectivity index (χ4v) is 3.26. The standard InChI is InChI=1S/C17H19N5O2S/c1-12-7-8-25-15(12)10-21(2)16(23)11-22-19-17(18-20-22)13-5-4-6-14(9-13)24-3/h4-9H,10-11H2,1-3H3. The van der Waals surface area contributed by atoms with Crippen LogP contribution in [0.4, 0.5) is 0 Å². The van der Waals surface area contributed by atoms with Gasteiger partial charge in [-0.15, -0.1) is 21.5 Å². The quantitative estimate of drug-likeness (QED) is 0.677. The maximum absolute atomic E-state index is 12.4. The first kappa shape index (κ1) is 17.1. The Morgan fingerprint density at radius 1 is 1.36 bits per heavy atom. The summed E-state index contributed by atoms with van der Waals surface area (Å²) in [5.74, 6) is 1.11. The molecule has 2 heterocycles. The number of aryl methyl sites for hydroxylation is 1. The Morgan fingerprint density at radius 2 is 2.20 bits per heavy atom. The molecule has 3 rings (SSSR count). The van der Waals surface area contributed by atoms with Crippen molar-refractivity contribution in [3.8, 4) is 17.1 Å². The number of hydrogen-bond donors (Lipinski definition) is 0. The Hall–Kier alpha value is -2.74. The van der Waals surface area contributed by atoms with Crippen LogP contribution in [0.3, 0.4) is 0 Å². The molecule has 0 spiro atoms. The summed E-state index contributed by atoms with van der Waals surface area (Å²) >= 11 is 1.65. The van der Waals surface area contributed by atoms with E-state index >= 15 is 0 Å².